The van der Waals surface area contributed by atoms with Crippen LogP contribution in [0.4, 0.5) is 16.3 Å². The van der Waals surface area contributed by atoms with Crippen molar-refractivity contribution < 1.29 is 4.79 Å². The molecule has 3 N–H and O–H groups in total. The summed E-state index contributed by atoms with van der Waals surface area (Å²) in [7, 11) is 0. The summed E-state index contributed by atoms with van der Waals surface area (Å²) in [5, 5.41) is 12.6. The van der Waals surface area contributed by atoms with E-state index in [2.05, 4.69) is 20.8 Å². The van der Waals surface area contributed by atoms with Gasteiger partial charge in [-0.25, -0.2) is 4.79 Å². The Morgan fingerprint density at radius 2 is 2.00 bits per heavy atom. The van der Waals surface area contributed by atoms with Gasteiger partial charge in [0.1, 0.15) is 0 Å². The summed E-state index contributed by atoms with van der Waals surface area (Å²) in [4.78, 5) is 11.8. The number of anilines is 2. The molecule has 1 aromatic carbocycles. The predicted molar refractivity (Wildman–Crippen MR) is 72.2 cm³/mol. The van der Waals surface area contributed by atoms with Crippen molar-refractivity contribution >= 4 is 29.1 Å². The molecule has 0 aliphatic carbocycles. The molecular formula is C12H13ClN4O. The van der Waals surface area contributed by atoms with Crippen LogP contribution >= 0.6 is 11.6 Å². The van der Waals surface area contributed by atoms with Gasteiger partial charge in [0.2, 0.25) is 0 Å². The van der Waals surface area contributed by atoms with Gasteiger partial charge >= 0.3 is 6.03 Å². The first-order chi connectivity index (χ1) is 8.58. The second-order valence-corrected chi connectivity index (χ2v) is 4.29. The normalized spacial score (nSPS) is 10.2. The van der Waals surface area contributed by atoms with Gasteiger partial charge in [0, 0.05) is 11.3 Å². The lowest BCUT2D eigenvalue weighted by Crippen LogP contribution is -2.20. The maximum absolute atomic E-state index is 11.8. The van der Waals surface area contributed by atoms with Gasteiger partial charge in [0.15, 0.2) is 5.82 Å². The van der Waals surface area contributed by atoms with Gasteiger partial charge in [-0.15, -0.1) is 0 Å². The number of urea groups is 1. The number of nitrogens with zero attached hydrogens (tertiary/aromatic N) is 1. The van der Waals surface area contributed by atoms with E-state index >= 15 is 0 Å². The molecule has 94 valence electrons. The molecule has 2 amide bonds. The SMILES string of the molecule is Cc1[nH]nc(NC(=O)Nc2ccccc2Cl)c1C. The Morgan fingerprint density at radius 3 is 2.61 bits per heavy atom. The highest BCUT2D eigenvalue weighted by atomic mass is 35.5. The second-order valence-electron chi connectivity index (χ2n) is 3.88. The molecule has 18 heavy (non-hydrogen) atoms. The fraction of sp³-hybridized carbons (Fsp3) is 0.167. The van der Waals surface area contributed by atoms with Gasteiger partial charge in [-0.1, -0.05) is 23.7 Å². The Bertz CT molecular complexity index is 579. The molecular weight excluding hydrogens is 252 g/mol. The van der Waals surface area contributed by atoms with E-state index in [0.29, 0.717) is 16.5 Å². The maximum Gasteiger partial charge on any atom is 0.324 e. The highest BCUT2D eigenvalue weighted by Crippen LogP contribution is 2.21. The summed E-state index contributed by atoms with van der Waals surface area (Å²) in [5.74, 6) is 0.511. The zero-order valence-corrected chi connectivity index (χ0v) is 10.8. The molecule has 0 atom stereocenters. The number of nitrogens with one attached hydrogen (secondary N) is 3. The van der Waals surface area contributed by atoms with Crippen LogP contribution < -0.4 is 10.6 Å². The first kappa shape index (κ1) is 12.4. The standard InChI is InChI=1S/C12H13ClN4O/c1-7-8(2)16-17-11(7)15-12(18)14-10-6-4-3-5-9(10)13/h3-6H,1-2H3,(H3,14,15,16,17,18). The summed E-state index contributed by atoms with van der Waals surface area (Å²) < 4.78 is 0. The Hall–Kier alpha value is -2.01. The van der Waals surface area contributed by atoms with Gasteiger partial charge in [0.05, 0.1) is 10.7 Å². The molecule has 0 saturated carbocycles. The Labute approximate surface area is 110 Å². The van der Waals surface area contributed by atoms with Gasteiger partial charge in [-0.3, -0.25) is 10.4 Å². The first-order valence-corrected chi connectivity index (χ1v) is 5.80. The molecule has 6 heteroatoms. The minimum absolute atomic E-state index is 0.377. The molecule has 0 aliphatic rings. The van der Waals surface area contributed by atoms with E-state index in [1.807, 2.05) is 13.8 Å². The number of halogens is 1. The van der Waals surface area contributed by atoms with E-state index in [0.717, 1.165) is 11.3 Å². The fourth-order valence-corrected chi connectivity index (χ4v) is 1.61. The van der Waals surface area contributed by atoms with Crippen molar-refractivity contribution in [3.05, 3.63) is 40.5 Å². The van der Waals surface area contributed by atoms with E-state index in [1.54, 1.807) is 24.3 Å². The van der Waals surface area contributed by atoms with Crippen LogP contribution in [-0.2, 0) is 0 Å². The second kappa shape index (κ2) is 5.10. The van der Waals surface area contributed by atoms with E-state index in [9.17, 15) is 4.79 Å². The smallest absolute Gasteiger partial charge is 0.306 e. The molecule has 1 aromatic heterocycles. The van der Waals surface area contributed by atoms with Crippen LogP contribution in [0.25, 0.3) is 0 Å². The van der Waals surface area contributed by atoms with Crippen molar-refractivity contribution in [3.63, 3.8) is 0 Å². The monoisotopic (exact) mass is 264 g/mol. The quantitative estimate of drug-likeness (QED) is 0.779. The Morgan fingerprint density at radius 1 is 1.28 bits per heavy atom. The number of carbonyl (C=O) groups excluding carboxylic acids is 1. The number of hydrogen-bond acceptors (Lipinski definition) is 2. The van der Waals surface area contributed by atoms with Gasteiger partial charge in [-0.05, 0) is 26.0 Å². The molecule has 0 aliphatic heterocycles. The summed E-state index contributed by atoms with van der Waals surface area (Å²) in [5.41, 5.74) is 2.38. The highest BCUT2D eigenvalue weighted by molar-refractivity contribution is 6.33. The number of benzene rings is 1. The summed E-state index contributed by atoms with van der Waals surface area (Å²) in [6.45, 7) is 3.77. The largest absolute Gasteiger partial charge is 0.324 e. The minimum Gasteiger partial charge on any atom is -0.306 e. The molecule has 5 nitrogen and oxygen atoms in total. The first-order valence-electron chi connectivity index (χ1n) is 5.42. The van der Waals surface area contributed by atoms with E-state index in [-0.39, 0.29) is 6.03 Å². The zero-order valence-electron chi connectivity index (χ0n) is 10.0. The maximum atomic E-state index is 11.8. The number of aryl methyl sites for hydroxylation is 1. The Balaban J connectivity index is 2.06. The lowest BCUT2D eigenvalue weighted by molar-refractivity contribution is 0.262. The average Bonchev–Trinajstić information content (AvgIpc) is 2.64. The number of H-pyrrole nitrogens is 1. The molecule has 0 unspecified atom stereocenters. The minimum atomic E-state index is -0.377. The molecule has 2 rings (SSSR count). The number of carbonyl (C=O) groups is 1. The average molecular weight is 265 g/mol. The lowest BCUT2D eigenvalue weighted by atomic mass is 10.3. The van der Waals surface area contributed by atoms with Gasteiger partial charge in [-0.2, -0.15) is 5.10 Å². The molecule has 0 spiro atoms. The van der Waals surface area contributed by atoms with Crippen LogP contribution in [0, 0.1) is 13.8 Å². The van der Waals surface area contributed by atoms with Crippen molar-refractivity contribution in [2.45, 2.75) is 13.8 Å². The van der Waals surface area contributed by atoms with Crippen LogP contribution in [0.1, 0.15) is 11.3 Å². The fourth-order valence-electron chi connectivity index (χ4n) is 1.43. The number of hydrogen-bond donors (Lipinski definition) is 3. The van der Waals surface area contributed by atoms with Crippen LogP contribution in [0.3, 0.4) is 0 Å². The van der Waals surface area contributed by atoms with Gasteiger partial charge in [0.25, 0.3) is 0 Å². The lowest BCUT2D eigenvalue weighted by Gasteiger charge is -2.07. The van der Waals surface area contributed by atoms with E-state index in [4.69, 9.17) is 11.6 Å². The van der Waals surface area contributed by atoms with Gasteiger partial charge < -0.3 is 5.32 Å². The van der Waals surface area contributed by atoms with Crippen molar-refractivity contribution in [3.8, 4) is 0 Å². The van der Waals surface area contributed by atoms with Crippen molar-refractivity contribution in [2.75, 3.05) is 10.6 Å². The summed E-state index contributed by atoms with van der Waals surface area (Å²) in [6.07, 6.45) is 0. The molecule has 0 fully saturated rings. The molecule has 0 bridgehead atoms. The molecule has 0 radical (unpaired) electrons. The summed E-state index contributed by atoms with van der Waals surface area (Å²) >= 11 is 5.94. The van der Waals surface area contributed by atoms with E-state index in [1.165, 1.54) is 0 Å². The number of para-hydroxylation sites is 1. The topological polar surface area (TPSA) is 69.8 Å². The zero-order chi connectivity index (χ0) is 13.1. The third kappa shape index (κ3) is 2.62. The predicted octanol–water partition coefficient (Wildman–Crippen LogP) is 3.32. The summed E-state index contributed by atoms with van der Waals surface area (Å²) in [6, 6.07) is 6.65. The Kier molecular flexibility index (Phi) is 3.53. The molecule has 2 aromatic rings. The third-order valence-electron chi connectivity index (χ3n) is 2.61. The molecule has 1 heterocycles. The van der Waals surface area contributed by atoms with Crippen molar-refractivity contribution in [1.29, 1.82) is 0 Å². The number of amides is 2. The van der Waals surface area contributed by atoms with Crippen LogP contribution in [0.15, 0.2) is 24.3 Å². The van der Waals surface area contributed by atoms with Crippen molar-refractivity contribution in [2.24, 2.45) is 0 Å². The number of aromatic amines is 1. The highest BCUT2D eigenvalue weighted by Gasteiger charge is 2.10. The van der Waals surface area contributed by atoms with Crippen LogP contribution in [0.2, 0.25) is 5.02 Å². The number of rotatable bonds is 2. The van der Waals surface area contributed by atoms with E-state index < -0.39 is 0 Å². The van der Waals surface area contributed by atoms with Crippen LogP contribution in [0.5, 0.6) is 0 Å². The van der Waals surface area contributed by atoms with Crippen molar-refractivity contribution in [1.82, 2.24) is 10.2 Å². The van der Waals surface area contributed by atoms with Crippen LogP contribution in [-0.4, -0.2) is 16.2 Å². The third-order valence-corrected chi connectivity index (χ3v) is 2.94. The number of aromatic nitrogens is 2. The molecule has 0 saturated heterocycles.